The van der Waals surface area contributed by atoms with E-state index in [0.717, 1.165) is 42.0 Å². The first-order chi connectivity index (χ1) is 11.8. The van der Waals surface area contributed by atoms with E-state index in [2.05, 4.69) is 11.2 Å². The van der Waals surface area contributed by atoms with E-state index in [1.54, 1.807) is 6.20 Å². The van der Waals surface area contributed by atoms with Crippen molar-refractivity contribution < 1.29 is 0 Å². The second-order valence-corrected chi connectivity index (χ2v) is 6.10. The van der Waals surface area contributed by atoms with E-state index in [-0.39, 0.29) is 5.92 Å². The van der Waals surface area contributed by atoms with Gasteiger partial charge in [0.1, 0.15) is 22.9 Å². The Morgan fingerprint density at radius 2 is 2.08 bits per heavy atom. The van der Waals surface area contributed by atoms with Crippen molar-refractivity contribution in [2.24, 2.45) is 0 Å². The Kier molecular flexibility index (Phi) is 3.54. The van der Waals surface area contributed by atoms with Gasteiger partial charge in [0.05, 0.1) is 0 Å². The molecule has 1 saturated heterocycles. The van der Waals surface area contributed by atoms with Crippen LogP contribution < -0.4 is 5.73 Å². The lowest BCUT2D eigenvalue weighted by Crippen LogP contribution is -2.31. The van der Waals surface area contributed by atoms with Crippen LogP contribution in [0, 0.1) is 11.5 Å². The quantitative estimate of drug-likeness (QED) is 0.734. The van der Waals surface area contributed by atoms with Crippen molar-refractivity contribution in [1.82, 2.24) is 19.3 Å². The van der Waals surface area contributed by atoms with E-state index in [0.29, 0.717) is 12.4 Å². The van der Waals surface area contributed by atoms with E-state index < -0.39 is 0 Å². The monoisotopic (exact) mass is 318 g/mol. The third kappa shape index (κ3) is 2.35. The molecule has 1 atom stereocenters. The van der Waals surface area contributed by atoms with Crippen LogP contribution in [0.2, 0.25) is 0 Å². The molecule has 4 rings (SSSR count). The summed E-state index contributed by atoms with van der Waals surface area (Å²) in [5.74, 6) is 1.64. The van der Waals surface area contributed by atoms with E-state index in [1.165, 1.54) is 0 Å². The van der Waals surface area contributed by atoms with Gasteiger partial charge in [-0.15, -0.1) is 0 Å². The van der Waals surface area contributed by atoms with Gasteiger partial charge in [-0.25, -0.2) is 9.97 Å². The Labute approximate surface area is 140 Å². The zero-order chi connectivity index (χ0) is 16.5. The molecule has 6 heteroatoms. The molecule has 6 nitrogen and oxygen atoms in total. The number of imidazole rings is 1. The van der Waals surface area contributed by atoms with Crippen LogP contribution in [-0.2, 0) is 0 Å². The summed E-state index contributed by atoms with van der Waals surface area (Å²) in [5.41, 5.74) is 8.87. The van der Waals surface area contributed by atoms with Crippen molar-refractivity contribution >= 4 is 11.3 Å². The summed E-state index contributed by atoms with van der Waals surface area (Å²) >= 11 is 0. The average Bonchev–Trinajstić information content (AvgIpc) is 3.04. The van der Waals surface area contributed by atoms with Gasteiger partial charge in [0, 0.05) is 37.0 Å². The summed E-state index contributed by atoms with van der Waals surface area (Å²) in [6.07, 6.45) is 7.89. The van der Waals surface area contributed by atoms with Crippen LogP contribution in [-0.4, -0.2) is 32.4 Å². The van der Waals surface area contributed by atoms with E-state index in [9.17, 15) is 5.26 Å². The van der Waals surface area contributed by atoms with Crippen molar-refractivity contribution in [3.8, 4) is 17.5 Å². The van der Waals surface area contributed by atoms with Gasteiger partial charge in [-0.2, -0.15) is 5.26 Å². The first kappa shape index (κ1) is 14.5. The number of likely N-dealkylation sites (tertiary alicyclic amines) is 1. The second kappa shape index (κ2) is 5.85. The highest BCUT2D eigenvalue weighted by Crippen LogP contribution is 2.33. The first-order valence-corrected chi connectivity index (χ1v) is 8.10. The smallest absolute Gasteiger partial charge is 0.179 e. The Morgan fingerprint density at radius 1 is 1.25 bits per heavy atom. The number of fused-ring (bicyclic) bond motifs is 1. The van der Waals surface area contributed by atoms with E-state index >= 15 is 0 Å². The molecule has 1 aliphatic rings. The molecule has 1 unspecified atom stereocenters. The topological polar surface area (TPSA) is 83.2 Å². The molecule has 24 heavy (non-hydrogen) atoms. The van der Waals surface area contributed by atoms with Crippen LogP contribution in [0.4, 0.5) is 5.82 Å². The molecule has 0 aliphatic carbocycles. The number of nitrogens with two attached hydrogens (primary N) is 1. The lowest BCUT2D eigenvalue weighted by Gasteiger charge is -2.27. The molecule has 2 N–H and O–H groups in total. The third-order valence-electron chi connectivity index (χ3n) is 4.59. The fourth-order valence-electron chi connectivity index (χ4n) is 3.45. The van der Waals surface area contributed by atoms with Gasteiger partial charge >= 0.3 is 0 Å². The maximum Gasteiger partial charge on any atom is 0.179 e. The van der Waals surface area contributed by atoms with Gasteiger partial charge in [-0.1, -0.05) is 30.3 Å². The Hall–Kier alpha value is -3.07. The van der Waals surface area contributed by atoms with Gasteiger partial charge < -0.3 is 10.6 Å². The summed E-state index contributed by atoms with van der Waals surface area (Å²) in [4.78, 5) is 11.0. The molecule has 120 valence electrons. The molecule has 1 fully saturated rings. The SMILES string of the molecule is N#CN1CCCC(c2nc(-c3ccccc3)c3c(N)nccn23)C1. The Morgan fingerprint density at radius 3 is 2.88 bits per heavy atom. The number of piperidine rings is 1. The van der Waals surface area contributed by atoms with Gasteiger partial charge in [-0.05, 0) is 12.8 Å². The van der Waals surface area contributed by atoms with Crippen LogP contribution >= 0.6 is 0 Å². The largest absolute Gasteiger partial charge is 0.382 e. The number of rotatable bonds is 2. The maximum atomic E-state index is 9.22. The molecule has 0 spiro atoms. The predicted octanol–water partition coefficient (Wildman–Crippen LogP) is 2.64. The summed E-state index contributed by atoms with van der Waals surface area (Å²) in [6.45, 7) is 1.53. The molecule has 3 aromatic rings. The number of aromatic nitrogens is 3. The molecule has 3 heterocycles. The molecular formula is C18H18N6. The number of nitriles is 1. The van der Waals surface area contributed by atoms with Crippen molar-refractivity contribution in [3.05, 3.63) is 48.5 Å². The number of hydrogen-bond donors (Lipinski definition) is 1. The molecule has 0 saturated carbocycles. The molecule has 0 amide bonds. The summed E-state index contributed by atoms with van der Waals surface area (Å²) in [5, 5.41) is 9.22. The van der Waals surface area contributed by atoms with Crippen molar-refractivity contribution in [2.75, 3.05) is 18.8 Å². The first-order valence-electron chi connectivity index (χ1n) is 8.10. The fraction of sp³-hybridized carbons (Fsp3) is 0.278. The highest BCUT2D eigenvalue weighted by Gasteiger charge is 2.26. The lowest BCUT2D eigenvalue weighted by molar-refractivity contribution is 0.284. The molecular weight excluding hydrogens is 300 g/mol. The van der Waals surface area contributed by atoms with Crippen LogP contribution in [0.25, 0.3) is 16.8 Å². The van der Waals surface area contributed by atoms with Crippen molar-refractivity contribution in [1.29, 1.82) is 5.26 Å². The minimum absolute atomic E-state index is 0.213. The lowest BCUT2D eigenvalue weighted by atomic mass is 9.98. The molecule has 2 aromatic heterocycles. The van der Waals surface area contributed by atoms with Crippen LogP contribution in [0.1, 0.15) is 24.6 Å². The molecule has 1 aliphatic heterocycles. The number of benzene rings is 1. The minimum Gasteiger partial charge on any atom is -0.382 e. The number of nitrogens with zero attached hydrogens (tertiary/aromatic N) is 5. The molecule has 1 aromatic carbocycles. The maximum absolute atomic E-state index is 9.22. The highest BCUT2D eigenvalue weighted by atomic mass is 15.1. The van der Waals surface area contributed by atoms with Crippen LogP contribution in [0.3, 0.4) is 0 Å². The average molecular weight is 318 g/mol. The van der Waals surface area contributed by atoms with Crippen molar-refractivity contribution in [2.45, 2.75) is 18.8 Å². The van der Waals surface area contributed by atoms with Gasteiger partial charge in [0.2, 0.25) is 0 Å². The normalized spacial score (nSPS) is 17.8. The van der Waals surface area contributed by atoms with E-state index in [1.807, 2.05) is 45.8 Å². The van der Waals surface area contributed by atoms with Gasteiger partial charge in [-0.3, -0.25) is 4.40 Å². The Balaban J connectivity index is 1.88. The summed E-state index contributed by atoms with van der Waals surface area (Å²) in [7, 11) is 0. The zero-order valence-corrected chi connectivity index (χ0v) is 13.3. The van der Waals surface area contributed by atoms with E-state index in [4.69, 9.17) is 10.7 Å². The highest BCUT2D eigenvalue weighted by molar-refractivity contribution is 5.85. The standard InChI is InChI=1S/C18H18N6/c19-12-23-9-4-7-14(11-23)18-22-15(13-5-2-1-3-6-13)16-17(20)21-8-10-24(16)18/h1-3,5-6,8,10,14H,4,7,9,11H2,(H2,20,21). The minimum atomic E-state index is 0.213. The Bertz CT molecular complexity index is 908. The second-order valence-electron chi connectivity index (χ2n) is 6.10. The molecule has 0 bridgehead atoms. The van der Waals surface area contributed by atoms with Crippen molar-refractivity contribution in [3.63, 3.8) is 0 Å². The number of anilines is 1. The summed E-state index contributed by atoms with van der Waals surface area (Å²) in [6, 6.07) is 10.0. The number of hydrogen-bond acceptors (Lipinski definition) is 5. The fourth-order valence-corrected chi connectivity index (χ4v) is 3.45. The predicted molar refractivity (Wildman–Crippen MR) is 92.0 cm³/mol. The third-order valence-corrected chi connectivity index (χ3v) is 4.59. The molecule has 0 radical (unpaired) electrons. The van der Waals surface area contributed by atoms with Gasteiger partial charge in [0.25, 0.3) is 0 Å². The van der Waals surface area contributed by atoms with Crippen LogP contribution in [0.15, 0.2) is 42.7 Å². The van der Waals surface area contributed by atoms with Crippen LogP contribution in [0.5, 0.6) is 0 Å². The summed E-state index contributed by atoms with van der Waals surface area (Å²) < 4.78 is 2.04. The zero-order valence-electron chi connectivity index (χ0n) is 13.3. The number of nitrogen functional groups attached to an aromatic ring is 1. The van der Waals surface area contributed by atoms with Gasteiger partial charge in [0.15, 0.2) is 6.19 Å².